The maximum absolute atomic E-state index is 12.4. The lowest BCUT2D eigenvalue weighted by atomic mass is 9.76. The van der Waals surface area contributed by atoms with Crippen LogP contribution in [0.1, 0.15) is 32.6 Å². The third-order valence-electron chi connectivity index (χ3n) is 3.77. The predicted molar refractivity (Wildman–Crippen MR) is 77.9 cm³/mol. The summed E-state index contributed by atoms with van der Waals surface area (Å²) in [5, 5.41) is 0. The number of ether oxygens (including phenoxy) is 1. The van der Waals surface area contributed by atoms with E-state index in [-0.39, 0.29) is 10.4 Å². The van der Waals surface area contributed by atoms with Crippen LogP contribution >= 0.6 is 15.9 Å². The van der Waals surface area contributed by atoms with Gasteiger partial charge in [0.15, 0.2) is 0 Å². The molecule has 1 aromatic rings. The summed E-state index contributed by atoms with van der Waals surface area (Å²) < 4.78 is 33.3. The van der Waals surface area contributed by atoms with Crippen LogP contribution in [-0.2, 0) is 10.0 Å². The molecule has 1 N–H and O–H groups in total. The molecule has 1 saturated carbocycles. The van der Waals surface area contributed by atoms with Gasteiger partial charge in [-0.15, -0.1) is 0 Å². The van der Waals surface area contributed by atoms with Crippen molar-refractivity contribution in [3.05, 3.63) is 22.7 Å². The minimum atomic E-state index is -3.47. The van der Waals surface area contributed by atoms with Crippen LogP contribution in [0.4, 0.5) is 0 Å². The SMILES string of the molecule is CCC1(NS(=O)(=O)c2ccc(OC)c(Br)c2)CCC1. The highest BCUT2D eigenvalue weighted by Gasteiger charge is 2.39. The van der Waals surface area contributed by atoms with Gasteiger partial charge in [0.25, 0.3) is 0 Å². The molecule has 0 heterocycles. The second-order valence-electron chi connectivity index (χ2n) is 4.89. The topological polar surface area (TPSA) is 55.4 Å². The number of nitrogens with one attached hydrogen (secondary N) is 1. The Labute approximate surface area is 122 Å². The lowest BCUT2D eigenvalue weighted by Gasteiger charge is -2.41. The summed E-state index contributed by atoms with van der Waals surface area (Å²) in [5.41, 5.74) is -0.245. The summed E-state index contributed by atoms with van der Waals surface area (Å²) in [6, 6.07) is 4.79. The number of halogens is 1. The molecule has 0 aromatic heterocycles. The van der Waals surface area contributed by atoms with Gasteiger partial charge in [0, 0.05) is 5.54 Å². The van der Waals surface area contributed by atoms with Gasteiger partial charge in [-0.25, -0.2) is 13.1 Å². The molecule has 0 aliphatic heterocycles. The fraction of sp³-hybridized carbons (Fsp3) is 0.538. The summed E-state index contributed by atoms with van der Waals surface area (Å²) in [6.07, 6.45) is 3.74. The number of methoxy groups -OCH3 is 1. The summed E-state index contributed by atoms with van der Waals surface area (Å²) in [4.78, 5) is 0.264. The molecule has 0 atom stereocenters. The maximum atomic E-state index is 12.4. The lowest BCUT2D eigenvalue weighted by molar-refractivity contribution is 0.214. The normalized spacial score (nSPS) is 17.8. The first-order valence-electron chi connectivity index (χ1n) is 6.30. The molecule has 4 nitrogen and oxygen atoms in total. The van der Waals surface area contributed by atoms with Crippen molar-refractivity contribution < 1.29 is 13.2 Å². The molecule has 0 unspecified atom stereocenters. The molecule has 0 spiro atoms. The summed E-state index contributed by atoms with van der Waals surface area (Å²) in [6.45, 7) is 2.02. The minimum absolute atomic E-state index is 0.245. The Kier molecular flexibility index (Phi) is 4.23. The molecule has 1 fully saturated rings. The number of rotatable bonds is 5. The van der Waals surface area contributed by atoms with Crippen molar-refractivity contribution in [2.45, 2.75) is 43.0 Å². The Morgan fingerprint density at radius 2 is 2.11 bits per heavy atom. The zero-order chi connectivity index (χ0) is 14.1. The Hall–Kier alpha value is -0.590. The highest BCUT2D eigenvalue weighted by atomic mass is 79.9. The zero-order valence-corrected chi connectivity index (χ0v) is 13.5. The second-order valence-corrected chi connectivity index (χ2v) is 7.43. The van der Waals surface area contributed by atoms with E-state index in [4.69, 9.17) is 4.74 Å². The van der Waals surface area contributed by atoms with Crippen molar-refractivity contribution >= 4 is 26.0 Å². The lowest BCUT2D eigenvalue weighted by Crippen LogP contribution is -2.52. The minimum Gasteiger partial charge on any atom is -0.496 e. The molecule has 0 saturated heterocycles. The first-order valence-corrected chi connectivity index (χ1v) is 8.57. The van der Waals surface area contributed by atoms with Gasteiger partial charge in [-0.05, 0) is 59.8 Å². The van der Waals surface area contributed by atoms with E-state index in [9.17, 15) is 8.42 Å². The van der Waals surface area contributed by atoms with E-state index in [0.29, 0.717) is 10.2 Å². The smallest absolute Gasteiger partial charge is 0.241 e. The van der Waals surface area contributed by atoms with Crippen LogP contribution in [0.5, 0.6) is 5.75 Å². The molecular formula is C13H18BrNO3S. The van der Waals surface area contributed by atoms with Crippen molar-refractivity contribution in [3.63, 3.8) is 0 Å². The zero-order valence-electron chi connectivity index (χ0n) is 11.1. The quantitative estimate of drug-likeness (QED) is 0.890. The van der Waals surface area contributed by atoms with Crippen LogP contribution in [0, 0.1) is 0 Å². The molecule has 6 heteroatoms. The monoisotopic (exact) mass is 347 g/mol. The number of hydrogen-bond acceptors (Lipinski definition) is 3. The van der Waals surface area contributed by atoms with E-state index in [1.807, 2.05) is 6.92 Å². The molecular weight excluding hydrogens is 330 g/mol. The van der Waals surface area contributed by atoms with E-state index in [2.05, 4.69) is 20.7 Å². The van der Waals surface area contributed by atoms with Gasteiger partial charge in [-0.1, -0.05) is 6.92 Å². The number of benzene rings is 1. The Morgan fingerprint density at radius 1 is 1.42 bits per heavy atom. The van der Waals surface area contributed by atoms with Crippen molar-refractivity contribution in [2.24, 2.45) is 0 Å². The van der Waals surface area contributed by atoms with Crippen LogP contribution in [-0.4, -0.2) is 21.1 Å². The number of hydrogen-bond donors (Lipinski definition) is 1. The molecule has 19 heavy (non-hydrogen) atoms. The Balaban J connectivity index is 2.27. The van der Waals surface area contributed by atoms with Gasteiger partial charge in [0.05, 0.1) is 16.5 Å². The van der Waals surface area contributed by atoms with Gasteiger partial charge in [-0.2, -0.15) is 0 Å². The van der Waals surface area contributed by atoms with Gasteiger partial charge in [-0.3, -0.25) is 0 Å². The third kappa shape index (κ3) is 2.95. The van der Waals surface area contributed by atoms with Crippen molar-refractivity contribution in [1.82, 2.24) is 4.72 Å². The van der Waals surface area contributed by atoms with E-state index < -0.39 is 10.0 Å². The van der Waals surface area contributed by atoms with Crippen molar-refractivity contribution in [2.75, 3.05) is 7.11 Å². The average Bonchev–Trinajstić information content (AvgIpc) is 2.34. The first-order chi connectivity index (χ1) is 8.92. The summed E-state index contributed by atoms with van der Waals surface area (Å²) >= 11 is 3.31. The van der Waals surface area contributed by atoms with Gasteiger partial charge in [0.1, 0.15) is 5.75 Å². The molecule has 1 aliphatic carbocycles. The van der Waals surface area contributed by atoms with E-state index in [1.165, 1.54) is 0 Å². The van der Waals surface area contributed by atoms with E-state index in [0.717, 1.165) is 25.7 Å². The van der Waals surface area contributed by atoms with Gasteiger partial charge >= 0.3 is 0 Å². The molecule has 1 aromatic carbocycles. The molecule has 0 radical (unpaired) electrons. The maximum Gasteiger partial charge on any atom is 0.241 e. The van der Waals surface area contributed by atoms with E-state index >= 15 is 0 Å². The highest BCUT2D eigenvalue weighted by molar-refractivity contribution is 9.10. The fourth-order valence-corrected chi connectivity index (χ4v) is 4.54. The molecule has 1 aliphatic rings. The Bertz CT molecular complexity index is 562. The van der Waals surface area contributed by atoms with Crippen LogP contribution in [0.2, 0.25) is 0 Å². The molecule has 0 amide bonds. The predicted octanol–water partition coefficient (Wildman–Crippen LogP) is 3.07. The fourth-order valence-electron chi connectivity index (χ4n) is 2.29. The van der Waals surface area contributed by atoms with Gasteiger partial charge < -0.3 is 4.74 Å². The molecule has 106 valence electrons. The largest absolute Gasteiger partial charge is 0.496 e. The van der Waals surface area contributed by atoms with Crippen LogP contribution in [0.15, 0.2) is 27.6 Å². The van der Waals surface area contributed by atoms with E-state index in [1.54, 1.807) is 25.3 Å². The molecule has 2 rings (SSSR count). The third-order valence-corrected chi connectivity index (χ3v) is 5.97. The summed E-state index contributed by atoms with van der Waals surface area (Å²) in [7, 11) is -1.93. The first kappa shape index (κ1) is 14.8. The van der Waals surface area contributed by atoms with Crippen LogP contribution < -0.4 is 9.46 Å². The van der Waals surface area contributed by atoms with Gasteiger partial charge in [0.2, 0.25) is 10.0 Å². The van der Waals surface area contributed by atoms with Crippen molar-refractivity contribution in [1.29, 1.82) is 0 Å². The Morgan fingerprint density at radius 3 is 2.53 bits per heavy atom. The highest BCUT2D eigenvalue weighted by Crippen LogP contribution is 2.36. The second kappa shape index (κ2) is 5.42. The standard InChI is InChI=1S/C13H18BrNO3S/c1-3-13(7-4-8-13)15-19(16,17)10-5-6-12(18-2)11(14)9-10/h5-6,9,15H,3-4,7-8H2,1-2H3. The summed E-state index contributed by atoms with van der Waals surface area (Å²) in [5.74, 6) is 0.618. The molecule has 0 bridgehead atoms. The average molecular weight is 348 g/mol. The van der Waals surface area contributed by atoms with Crippen molar-refractivity contribution in [3.8, 4) is 5.75 Å². The van der Waals surface area contributed by atoms with Crippen LogP contribution in [0.25, 0.3) is 0 Å². The van der Waals surface area contributed by atoms with Crippen LogP contribution in [0.3, 0.4) is 0 Å². The number of sulfonamides is 1.